The molecule has 1 aromatic carbocycles. The second-order valence-electron chi connectivity index (χ2n) is 3.78. The van der Waals surface area contributed by atoms with Gasteiger partial charge in [-0.1, -0.05) is 12.1 Å². The predicted octanol–water partition coefficient (Wildman–Crippen LogP) is 3.37. The van der Waals surface area contributed by atoms with Crippen LogP contribution in [0.1, 0.15) is 34.3 Å². The van der Waals surface area contributed by atoms with Gasteiger partial charge in [-0.05, 0) is 37.1 Å². The van der Waals surface area contributed by atoms with Crippen molar-refractivity contribution in [2.75, 3.05) is 5.75 Å². The summed E-state index contributed by atoms with van der Waals surface area (Å²) in [5.74, 6) is 1.40. The summed E-state index contributed by atoms with van der Waals surface area (Å²) in [7, 11) is 0. The average molecular weight is 206 g/mol. The predicted molar refractivity (Wildman–Crippen MR) is 60.2 cm³/mol. The van der Waals surface area contributed by atoms with Gasteiger partial charge in [-0.25, -0.2) is 0 Å². The van der Waals surface area contributed by atoms with Gasteiger partial charge in [0.2, 0.25) is 0 Å². The van der Waals surface area contributed by atoms with Crippen LogP contribution in [-0.2, 0) is 0 Å². The molecule has 74 valence electrons. The molecule has 0 fully saturated rings. The summed E-state index contributed by atoms with van der Waals surface area (Å²) < 4.78 is 0. The van der Waals surface area contributed by atoms with E-state index in [2.05, 4.69) is 19.1 Å². The molecular weight excluding hydrogens is 192 g/mol. The van der Waals surface area contributed by atoms with E-state index in [4.69, 9.17) is 0 Å². The lowest BCUT2D eigenvalue weighted by Crippen LogP contribution is -2.02. The van der Waals surface area contributed by atoms with Crippen molar-refractivity contribution in [3.8, 4) is 0 Å². The Labute approximate surface area is 88.9 Å². The first-order valence-electron chi connectivity index (χ1n) is 4.96. The van der Waals surface area contributed by atoms with E-state index in [1.807, 2.05) is 18.7 Å². The second kappa shape index (κ2) is 3.77. The maximum atomic E-state index is 11.9. The van der Waals surface area contributed by atoms with Crippen LogP contribution in [0.4, 0.5) is 0 Å². The van der Waals surface area contributed by atoms with E-state index in [9.17, 15) is 4.79 Å². The Morgan fingerprint density at radius 2 is 1.93 bits per heavy atom. The highest BCUT2D eigenvalue weighted by molar-refractivity contribution is 7.99. The van der Waals surface area contributed by atoms with Crippen molar-refractivity contribution >= 4 is 17.5 Å². The van der Waals surface area contributed by atoms with E-state index in [0.717, 1.165) is 23.3 Å². The highest BCUT2D eigenvalue weighted by atomic mass is 32.2. The first-order valence-corrected chi connectivity index (χ1v) is 5.95. The topological polar surface area (TPSA) is 17.1 Å². The first-order chi connectivity index (χ1) is 6.70. The molecule has 0 aliphatic carbocycles. The molecular formula is C12H14OS. The van der Waals surface area contributed by atoms with E-state index in [1.165, 1.54) is 10.5 Å². The molecule has 2 heteroatoms. The van der Waals surface area contributed by atoms with Gasteiger partial charge in [0.05, 0.1) is 0 Å². The molecule has 0 radical (unpaired) electrons. The second-order valence-corrected chi connectivity index (χ2v) is 4.88. The summed E-state index contributed by atoms with van der Waals surface area (Å²) in [6.07, 6.45) is 1.72. The normalized spacial score (nSPS) is 16.3. The lowest BCUT2D eigenvalue weighted by Gasteiger charge is -2.10. The van der Waals surface area contributed by atoms with Crippen LogP contribution in [0.25, 0.3) is 0 Å². The third-order valence-electron chi connectivity index (χ3n) is 2.64. The van der Waals surface area contributed by atoms with Gasteiger partial charge in [-0.3, -0.25) is 4.79 Å². The Kier molecular flexibility index (Phi) is 2.64. The maximum absolute atomic E-state index is 11.9. The van der Waals surface area contributed by atoms with Crippen LogP contribution >= 0.6 is 11.8 Å². The van der Waals surface area contributed by atoms with Crippen molar-refractivity contribution in [2.24, 2.45) is 0 Å². The number of carbonyl (C=O) groups is 1. The van der Waals surface area contributed by atoms with Gasteiger partial charge in [0.25, 0.3) is 0 Å². The van der Waals surface area contributed by atoms with Crippen LogP contribution in [0.2, 0.25) is 0 Å². The lowest BCUT2D eigenvalue weighted by atomic mass is 9.99. The molecule has 0 saturated heterocycles. The zero-order valence-corrected chi connectivity index (χ0v) is 9.41. The van der Waals surface area contributed by atoms with Gasteiger partial charge in [0.15, 0.2) is 5.78 Å². The molecule has 0 atom stereocenters. The Morgan fingerprint density at radius 3 is 2.71 bits per heavy atom. The summed E-state index contributed by atoms with van der Waals surface area (Å²) in [6, 6.07) is 4.16. The summed E-state index contributed by atoms with van der Waals surface area (Å²) in [5, 5.41) is 0. The number of carbonyl (C=O) groups excluding carboxylic acids is 1. The molecule has 0 unspecified atom stereocenters. The average Bonchev–Trinajstić information content (AvgIpc) is 2.35. The third kappa shape index (κ3) is 1.59. The zero-order valence-electron chi connectivity index (χ0n) is 8.59. The number of benzene rings is 1. The van der Waals surface area contributed by atoms with Gasteiger partial charge in [0, 0.05) is 16.9 Å². The largest absolute Gasteiger partial charge is 0.294 e. The number of thioether (sulfide) groups is 1. The number of Topliss-reactive ketones (excluding diaryl/α,β-unsaturated/α-hetero) is 1. The Bertz CT molecular complexity index is 382. The monoisotopic (exact) mass is 206 g/mol. The van der Waals surface area contributed by atoms with Crippen LogP contribution in [-0.4, -0.2) is 11.5 Å². The standard InChI is InChI=1S/C12H14OS/c1-8-5-6-9(2)12-11(8)10(13)4-3-7-14-12/h5-6H,3-4,7H2,1-2H3. The smallest absolute Gasteiger partial charge is 0.164 e. The van der Waals surface area contributed by atoms with Crippen molar-refractivity contribution in [1.29, 1.82) is 0 Å². The molecule has 1 aromatic rings. The molecule has 1 heterocycles. The van der Waals surface area contributed by atoms with Crippen molar-refractivity contribution in [3.63, 3.8) is 0 Å². The maximum Gasteiger partial charge on any atom is 0.164 e. The summed E-state index contributed by atoms with van der Waals surface area (Å²) in [6.45, 7) is 4.12. The number of hydrogen-bond acceptors (Lipinski definition) is 2. The Morgan fingerprint density at radius 1 is 1.21 bits per heavy atom. The van der Waals surface area contributed by atoms with Crippen LogP contribution in [0.5, 0.6) is 0 Å². The van der Waals surface area contributed by atoms with Gasteiger partial charge in [0.1, 0.15) is 0 Å². The number of ketones is 1. The van der Waals surface area contributed by atoms with Gasteiger partial charge >= 0.3 is 0 Å². The van der Waals surface area contributed by atoms with E-state index in [0.29, 0.717) is 12.2 Å². The third-order valence-corrected chi connectivity index (χ3v) is 3.94. The van der Waals surface area contributed by atoms with E-state index >= 15 is 0 Å². The molecule has 0 N–H and O–H groups in total. The van der Waals surface area contributed by atoms with Crippen LogP contribution in [0, 0.1) is 13.8 Å². The summed E-state index contributed by atoms with van der Waals surface area (Å²) in [4.78, 5) is 13.1. The number of rotatable bonds is 0. The van der Waals surface area contributed by atoms with E-state index in [1.54, 1.807) is 0 Å². The van der Waals surface area contributed by atoms with E-state index < -0.39 is 0 Å². The molecule has 0 bridgehead atoms. The summed E-state index contributed by atoms with van der Waals surface area (Å²) in [5.41, 5.74) is 3.35. The van der Waals surface area contributed by atoms with Crippen LogP contribution in [0.3, 0.4) is 0 Å². The molecule has 0 spiro atoms. The van der Waals surface area contributed by atoms with Crippen molar-refractivity contribution in [3.05, 3.63) is 28.8 Å². The number of fused-ring (bicyclic) bond motifs is 1. The number of aryl methyl sites for hydroxylation is 2. The first kappa shape index (κ1) is 9.78. The fourth-order valence-electron chi connectivity index (χ4n) is 1.85. The molecule has 2 rings (SSSR count). The van der Waals surface area contributed by atoms with Gasteiger partial charge in [-0.15, -0.1) is 11.8 Å². The van der Waals surface area contributed by atoms with E-state index in [-0.39, 0.29) is 0 Å². The highest BCUT2D eigenvalue weighted by Gasteiger charge is 2.19. The molecule has 0 saturated carbocycles. The SMILES string of the molecule is Cc1ccc(C)c2c1SCCCC2=O. The molecule has 1 aliphatic heterocycles. The zero-order chi connectivity index (χ0) is 10.1. The van der Waals surface area contributed by atoms with Crippen molar-refractivity contribution < 1.29 is 4.79 Å². The quantitative estimate of drug-likeness (QED) is 0.647. The summed E-state index contributed by atoms with van der Waals surface area (Å²) >= 11 is 1.83. The molecule has 14 heavy (non-hydrogen) atoms. The molecule has 0 aromatic heterocycles. The van der Waals surface area contributed by atoms with Gasteiger partial charge in [-0.2, -0.15) is 0 Å². The highest BCUT2D eigenvalue weighted by Crippen LogP contribution is 2.33. The lowest BCUT2D eigenvalue weighted by molar-refractivity contribution is 0.0979. The van der Waals surface area contributed by atoms with Crippen LogP contribution in [0.15, 0.2) is 17.0 Å². The minimum absolute atomic E-state index is 0.325. The van der Waals surface area contributed by atoms with Gasteiger partial charge < -0.3 is 0 Å². The minimum atomic E-state index is 0.325. The van der Waals surface area contributed by atoms with Crippen molar-refractivity contribution in [2.45, 2.75) is 31.6 Å². The number of hydrogen-bond donors (Lipinski definition) is 0. The minimum Gasteiger partial charge on any atom is -0.294 e. The molecule has 1 nitrogen and oxygen atoms in total. The Balaban J connectivity index is 2.62. The van der Waals surface area contributed by atoms with Crippen LogP contribution < -0.4 is 0 Å². The van der Waals surface area contributed by atoms with Crippen molar-refractivity contribution in [1.82, 2.24) is 0 Å². The fraction of sp³-hybridized carbons (Fsp3) is 0.417. The Hall–Kier alpha value is -0.760. The molecule has 1 aliphatic rings. The molecule has 0 amide bonds. The fourth-order valence-corrected chi connectivity index (χ4v) is 3.06.